The summed E-state index contributed by atoms with van der Waals surface area (Å²) in [4.78, 5) is 25.4. The molecule has 0 radical (unpaired) electrons. The largest absolute Gasteiger partial charge is 0.468 e. The first-order valence-electron chi connectivity index (χ1n) is 8.20. The molecule has 0 unspecified atom stereocenters. The number of allylic oxidation sites excluding steroid dienone is 3. The fourth-order valence-corrected chi connectivity index (χ4v) is 3.83. The van der Waals surface area contributed by atoms with Gasteiger partial charge in [0.1, 0.15) is 5.41 Å². The van der Waals surface area contributed by atoms with Crippen molar-refractivity contribution in [2.75, 3.05) is 7.11 Å². The van der Waals surface area contributed by atoms with Crippen LogP contribution in [0.5, 0.6) is 0 Å². The van der Waals surface area contributed by atoms with Gasteiger partial charge in [-0.1, -0.05) is 58.9 Å². The zero-order valence-corrected chi connectivity index (χ0v) is 16.1. The van der Waals surface area contributed by atoms with Crippen LogP contribution in [-0.4, -0.2) is 25.0 Å². The van der Waals surface area contributed by atoms with Gasteiger partial charge in [0.25, 0.3) is 0 Å². The van der Waals surface area contributed by atoms with Crippen molar-refractivity contribution in [2.45, 2.75) is 32.5 Å². The standard InChI is InChI=1S/C20H23BrO4/c1-14(21)12-20(19(23)24-3)17(10-7-11-18(20)22)15(2)25-13-16-8-5-4-6-9-16/h4-9,11,15,17H,1,10,12-13H2,2-3H3/t15-,17+,20-/m1/s1. The molecule has 0 bridgehead atoms. The fourth-order valence-electron chi connectivity index (χ4n) is 3.39. The van der Waals surface area contributed by atoms with E-state index in [1.165, 1.54) is 13.2 Å². The smallest absolute Gasteiger partial charge is 0.320 e. The molecular weight excluding hydrogens is 384 g/mol. The quantitative estimate of drug-likeness (QED) is 0.502. The summed E-state index contributed by atoms with van der Waals surface area (Å²) in [7, 11) is 1.30. The third-order valence-electron chi connectivity index (χ3n) is 4.67. The first kappa shape index (κ1) is 19.6. The van der Waals surface area contributed by atoms with Gasteiger partial charge in [-0.2, -0.15) is 0 Å². The summed E-state index contributed by atoms with van der Waals surface area (Å²) in [5, 5.41) is 0. The van der Waals surface area contributed by atoms with Crippen LogP contribution < -0.4 is 0 Å². The van der Waals surface area contributed by atoms with Crippen LogP contribution in [0.15, 0.2) is 53.5 Å². The van der Waals surface area contributed by atoms with Crippen LogP contribution in [0.1, 0.15) is 25.3 Å². The van der Waals surface area contributed by atoms with E-state index in [2.05, 4.69) is 22.5 Å². The number of halogens is 1. The second-order valence-electron chi connectivity index (χ2n) is 6.27. The number of carbonyl (C=O) groups excluding carboxylic acids is 2. The van der Waals surface area contributed by atoms with Crippen molar-refractivity contribution < 1.29 is 19.1 Å². The number of hydrogen-bond donors (Lipinski definition) is 0. The Kier molecular flexibility index (Phi) is 6.73. The monoisotopic (exact) mass is 406 g/mol. The van der Waals surface area contributed by atoms with Gasteiger partial charge in [0.2, 0.25) is 0 Å². The van der Waals surface area contributed by atoms with Crippen molar-refractivity contribution in [2.24, 2.45) is 11.3 Å². The second kappa shape index (κ2) is 8.59. The van der Waals surface area contributed by atoms with E-state index in [0.717, 1.165) is 5.56 Å². The van der Waals surface area contributed by atoms with Crippen molar-refractivity contribution in [3.8, 4) is 0 Å². The molecule has 3 atom stereocenters. The van der Waals surface area contributed by atoms with Crippen molar-refractivity contribution >= 4 is 27.7 Å². The number of methoxy groups -OCH3 is 1. The highest BCUT2D eigenvalue weighted by molar-refractivity contribution is 9.11. The van der Waals surface area contributed by atoms with E-state index < -0.39 is 11.4 Å². The van der Waals surface area contributed by atoms with Gasteiger partial charge in [0.15, 0.2) is 5.78 Å². The van der Waals surface area contributed by atoms with Crippen LogP contribution in [0.4, 0.5) is 0 Å². The van der Waals surface area contributed by atoms with Gasteiger partial charge in [-0.15, -0.1) is 0 Å². The lowest BCUT2D eigenvalue weighted by Gasteiger charge is -2.40. The summed E-state index contributed by atoms with van der Waals surface area (Å²) in [6.45, 7) is 6.14. The maximum Gasteiger partial charge on any atom is 0.320 e. The zero-order chi connectivity index (χ0) is 18.4. The van der Waals surface area contributed by atoms with Gasteiger partial charge in [0, 0.05) is 12.3 Å². The molecule has 25 heavy (non-hydrogen) atoms. The minimum Gasteiger partial charge on any atom is -0.468 e. The zero-order valence-electron chi connectivity index (χ0n) is 14.5. The lowest BCUT2D eigenvalue weighted by molar-refractivity contribution is -0.166. The molecule has 5 heteroatoms. The minimum atomic E-state index is -1.31. The van der Waals surface area contributed by atoms with Crippen LogP contribution >= 0.6 is 15.9 Å². The Labute approximate surface area is 157 Å². The summed E-state index contributed by atoms with van der Waals surface area (Å²) in [5.41, 5.74) is -0.263. The first-order chi connectivity index (χ1) is 11.9. The molecule has 2 rings (SSSR count). The summed E-state index contributed by atoms with van der Waals surface area (Å²) >= 11 is 3.30. The van der Waals surface area contributed by atoms with Crippen molar-refractivity contribution in [1.82, 2.24) is 0 Å². The highest BCUT2D eigenvalue weighted by Crippen LogP contribution is 2.45. The van der Waals surface area contributed by atoms with Crippen molar-refractivity contribution in [1.29, 1.82) is 0 Å². The average Bonchev–Trinajstić information content (AvgIpc) is 2.61. The van der Waals surface area contributed by atoms with Gasteiger partial charge in [0.05, 0.1) is 19.8 Å². The summed E-state index contributed by atoms with van der Waals surface area (Å²) in [6, 6.07) is 9.80. The minimum absolute atomic E-state index is 0.187. The fraction of sp³-hybridized carbons (Fsp3) is 0.400. The molecule has 1 aromatic rings. The van der Waals surface area contributed by atoms with Crippen molar-refractivity contribution in [3.05, 3.63) is 59.1 Å². The summed E-state index contributed by atoms with van der Waals surface area (Å²) in [5.74, 6) is -1.12. The maximum atomic E-state index is 12.7. The Bertz CT molecular complexity index is 668. The average molecular weight is 407 g/mol. The van der Waals surface area contributed by atoms with E-state index in [1.807, 2.05) is 37.3 Å². The normalized spacial score (nSPS) is 24.0. The molecule has 0 spiro atoms. The number of benzene rings is 1. The molecule has 4 nitrogen and oxygen atoms in total. The Balaban J connectivity index is 2.27. The Morgan fingerprint density at radius 1 is 1.40 bits per heavy atom. The second-order valence-corrected chi connectivity index (χ2v) is 7.39. The number of rotatable bonds is 7. The number of esters is 1. The highest BCUT2D eigenvalue weighted by atomic mass is 79.9. The molecule has 134 valence electrons. The van der Waals surface area contributed by atoms with E-state index >= 15 is 0 Å². The summed E-state index contributed by atoms with van der Waals surface area (Å²) in [6.07, 6.45) is 3.71. The van der Waals surface area contributed by atoms with Crippen molar-refractivity contribution in [3.63, 3.8) is 0 Å². The lowest BCUT2D eigenvalue weighted by Crippen LogP contribution is -2.51. The van der Waals surface area contributed by atoms with Gasteiger partial charge in [-0.05, 0) is 29.5 Å². The molecule has 0 aliphatic heterocycles. The van der Waals surface area contributed by atoms with Crippen LogP contribution in [0, 0.1) is 11.3 Å². The number of hydrogen-bond acceptors (Lipinski definition) is 4. The molecule has 0 saturated carbocycles. The Morgan fingerprint density at radius 3 is 2.68 bits per heavy atom. The third kappa shape index (κ3) is 4.28. The molecule has 1 aliphatic rings. The number of ether oxygens (including phenoxy) is 2. The van der Waals surface area contributed by atoms with E-state index in [1.54, 1.807) is 6.08 Å². The molecule has 0 N–H and O–H groups in total. The molecule has 0 heterocycles. The van der Waals surface area contributed by atoms with Gasteiger partial charge in [-0.25, -0.2) is 0 Å². The Hall–Kier alpha value is -1.72. The van der Waals surface area contributed by atoms with Crippen LogP contribution in [-0.2, 0) is 25.7 Å². The first-order valence-corrected chi connectivity index (χ1v) is 8.99. The molecule has 1 aliphatic carbocycles. The predicted molar refractivity (Wildman–Crippen MR) is 100 cm³/mol. The van der Waals surface area contributed by atoms with E-state index in [9.17, 15) is 9.59 Å². The van der Waals surface area contributed by atoms with Gasteiger partial charge < -0.3 is 9.47 Å². The van der Waals surface area contributed by atoms with Gasteiger partial charge in [-0.3, -0.25) is 9.59 Å². The SMILES string of the molecule is C=C(Br)C[C@]1(C(=O)OC)C(=O)C=CC[C@H]1[C@@H](C)OCc1ccccc1. The number of ketones is 1. The summed E-state index contributed by atoms with van der Waals surface area (Å²) < 4.78 is 11.6. The van der Waals surface area contributed by atoms with Crippen LogP contribution in [0.25, 0.3) is 0 Å². The molecule has 0 amide bonds. The predicted octanol–water partition coefficient (Wildman–Crippen LogP) is 4.20. The molecule has 0 aromatic heterocycles. The topological polar surface area (TPSA) is 52.6 Å². The number of carbonyl (C=O) groups is 2. The van der Waals surface area contributed by atoms with E-state index in [0.29, 0.717) is 17.5 Å². The van der Waals surface area contributed by atoms with Gasteiger partial charge >= 0.3 is 5.97 Å². The third-order valence-corrected chi connectivity index (χ3v) is 4.95. The Morgan fingerprint density at radius 2 is 2.08 bits per heavy atom. The van der Waals surface area contributed by atoms with E-state index in [-0.39, 0.29) is 24.2 Å². The lowest BCUT2D eigenvalue weighted by atomic mass is 9.64. The van der Waals surface area contributed by atoms with E-state index in [4.69, 9.17) is 9.47 Å². The molecule has 0 fully saturated rings. The maximum absolute atomic E-state index is 12.7. The molecule has 1 aromatic carbocycles. The molecule has 0 saturated heterocycles. The highest BCUT2D eigenvalue weighted by Gasteiger charge is 2.54. The molecular formula is C20H23BrO4. The van der Waals surface area contributed by atoms with Crippen LogP contribution in [0.2, 0.25) is 0 Å². The van der Waals surface area contributed by atoms with Crippen LogP contribution in [0.3, 0.4) is 0 Å².